The number of imide groups is 1. The zero-order valence-corrected chi connectivity index (χ0v) is 10.8. The van der Waals surface area contributed by atoms with Crippen LogP contribution in [0, 0.1) is 18.8 Å². The molecule has 0 spiro atoms. The summed E-state index contributed by atoms with van der Waals surface area (Å²) in [5, 5.41) is 8.77. The van der Waals surface area contributed by atoms with Crippen molar-refractivity contribution in [2.45, 2.75) is 26.2 Å². The predicted octanol–water partition coefficient (Wildman–Crippen LogP) is 1.38. The van der Waals surface area contributed by atoms with E-state index in [1.165, 1.54) is 4.90 Å². The fourth-order valence-corrected chi connectivity index (χ4v) is 2.09. The van der Waals surface area contributed by atoms with Crippen LogP contribution >= 0.6 is 0 Å². The molecule has 2 amide bonds. The van der Waals surface area contributed by atoms with Gasteiger partial charge in [-0.25, -0.2) is 4.90 Å². The zero-order valence-electron chi connectivity index (χ0n) is 10.8. The number of carbonyl (C=O) groups is 2. The van der Waals surface area contributed by atoms with Crippen LogP contribution in [-0.4, -0.2) is 23.5 Å². The minimum Gasteiger partial charge on any atom is -0.384 e. The summed E-state index contributed by atoms with van der Waals surface area (Å²) in [6, 6.07) is 5.41. The summed E-state index contributed by atoms with van der Waals surface area (Å²) in [6.07, 6.45) is 1.37. The number of aliphatic hydroxyl groups excluding tert-OH is 1. The maximum absolute atomic E-state index is 11.9. The Kier molecular flexibility index (Phi) is 3.98. The molecule has 98 valence electrons. The highest BCUT2D eigenvalue weighted by Gasteiger charge is 2.28. The van der Waals surface area contributed by atoms with E-state index in [1.54, 1.807) is 12.1 Å². The summed E-state index contributed by atoms with van der Waals surface area (Å²) >= 11 is 0. The highest BCUT2D eigenvalue weighted by molar-refractivity contribution is 6.17. The number of benzene rings is 1. The van der Waals surface area contributed by atoms with Crippen LogP contribution in [0.15, 0.2) is 18.2 Å². The molecule has 1 aromatic rings. The molecule has 1 aliphatic heterocycles. The van der Waals surface area contributed by atoms with Crippen molar-refractivity contribution in [1.29, 1.82) is 0 Å². The summed E-state index contributed by atoms with van der Waals surface area (Å²) in [6.45, 7) is 1.64. The standard InChI is InChI=1S/C15H15NO3/c1-11-7-8-12(4-3-9-17)13(10-11)16-14(18)5-2-6-15(16)19/h7-8,10,17H,2,5-6,9H2,1H3. The molecule has 1 heterocycles. The smallest absolute Gasteiger partial charge is 0.233 e. The van der Waals surface area contributed by atoms with E-state index < -0.39 is 0 Å². The molecule has 4 nitrogen and oxygen atoms in total. The zero-order chi connectivity index (χ0) is 13.8. The minimum atomic E-state index is -0.255. The molecule has 0 unspecified atom stereocenters. The summed E-state index contributed by atoms with van der Waals surface area (Å²) in [4.78, 5) is 25.1. The van der Waals surface area contributed by atoms with Crippen molar-refractivity contribution in [1.82, 2.24) is 0 Å². The van der Waals surface area contributed by atoms with Crippen LogP contribution in [0.2, 0.25) is 0 Å². The van der Waals surface area contributed by atoms with Gasteiger partial charge in [-0.15, -0.1) is 0 Å². The van der Waals surface area contributed by atoms with Gasteiger partial charge in [0.05, 0.1) is 5.69 Å². The number of carbonyl (C=O) groups excluding carboxylic acids is 2. The number of nitrogens with zero attached hydrogens (tertiary/aromatic N) is 1. The summed E-state index contributed by atoms with van der Waals surface area (Å²) in [7, 11) is 0. The van der Waals surface area contributed by atoms with Gasteiger partial charge < -0.3 is 5.11 Å². The number of aliphatic hydroxyl groups is 1. The Bertz CT molecular complexity index is 565. The van der Waals surface area contributed by atoms with E-state index in [0.717, 1.165) is 5.56 Å². The average Bonchev–Trinajstić information content (AvgIpc) is 2.37. The number of anilines is 1. The SMILES string of the molecule is Cc1ccc(C#CCO)c(N2C(=O)CCCC2=O)c1. The van der Waals surface area contributed by atoms with Gasteiger partial charge in [0.15, 0.2) is 0 Å². The normalized spacial score (nSPS) is 15.2. The second kappa shape index (κ2) is 5.68. The van der Waals surface area contributed by atoms with Gasteiger partial charge in [-0.05, 0) is 31.0 Å². The summed E-state index contributed by atoms with van der Waals surface area (Å²) in [5.74, 6) is 4.96. The first-order valence-corrected chi connectivity index (χ1v) is 6.19. The molecule has 1 aromatic carbocycles. The minimum absolute atomic E-state index is 0.186. The van der Waals surface area contributed by atoms with Gasteiger partial charge in [0.1, 0.15) is 6.61 Å². The molecule has 1 fully saturated rings. The van der Waals surface area contributed by atoms with E-state index in [1.807, 2.05) is 13.0 Å². The van der Waals surface area contributed by atoms with Crippen molar-refractivity contribution < 1.29 is 14.7 Å². The van der Waals surface area contributed by atoms with Crippen LogP contribution in [0.3, 0.4) is 0 Å². The third kappa shape index (κ3) is 2.83. The molecule has 1 aliphatic rings. The van der Waals surface area contributed by atoms with E-state index in [0.29, 0.717) is 30.5 Å². The van der Waals surface area contributed by atoms with Crippen LogP contribution in [0.4, 0.5) is 5.69 Å². The van der Waals surface area contributed by atoms with E-state index >= 15 is 0 Å². The van der Waals surface area contributed by atoms with Gasteiger partial charge in [0.25, 0.3) is 0 Å². The molecule has 1 saturated heterocycles. The predicted molar refractivity (Wildman–Crippen MR) is 71.5 cm³/mol. The first-order valence-electron chi connectivity index (χ1n) is 6.19. The molecule has 19 heavy (non-hydrogen) atoms. The number of amides is 2. The van der Waals surface area contributed by atoms with Crippen LogP contribution in [0.25, 0.3) is 0 Å². The Morgan fingerprint density at radius 1 is 1.26 bits per heavy atom. The maximum atomic E-state index is 11.9. The maximum Gasteiger partial charge on any atom is 0.233 e. The van der Waals surface area contributed by atoms with Crippen molar-refractivity contribution in [3.8, 4) is 11.8 Å². The Morgan fingerprint density at radius 2 is 1.95 bits per heavy atom. The molecule has 4 heteroatoms. The molecule has 0 saturated carbocycles. The fourth-order valence-electron chi connectivity index (χ4n) is 2.09. The second-order valence-electron chi connectivity index (χ2n) is 4.46. The highest BCUT2D eigenvalue weighted by Crippen LogP contribution is 2.26. The molecular formula is C15H15NO3. The molecule has 2 rings (SSSR count). The summed E-state index contributed by atoms with van der Waals surface area (Å²) < 4.78 is 0. The monoisotopic (exact) mass is 257 g/mol. The third-order valence-electron chi connectivity index (χ3n) is 2.98. The molecule has 1 N–H and O–H groups in total. The quantitative estimate of drug-likeness (QED) is 0.611. The topological polar surface area (TPSA) is 57.6 Å². The van der Waals surface area contributed by atoms with Gasteiger partial charge in [-0.3, -0.25) is 9.59 Å². The molecule has 0 aromatic heterocycles. The van der Waals surface area contributed by atoms with Gasteiger partial charge >= 0.3 is 0 Å². The lowest BCUT2D eigenvalue weighted by Gasteiger charge is -2.26. The van der Waals surface area contributed by atoms with Crippen LogP contribution in [0.1, 0.15) is 30.4 Å². The lowest BCUT2D eigenvalue weighted by Crippen LogP contribution is -2.40. The number of hydrogen-bond acceptors (Lipinski definition) is 3. The Labute approximate surface area is 112 Å². The first-order chi connectivity index (χ1) is 9.13. The first kappa shape index (κ1) is 13.3. The molecule has 0 atom stereocenters. The Hall–Kier alpha value is -2.12. The van der Waals surface area contributed by atoms with Gasteiger partial charge in [-0.2, -0.15) is 0 Å². The van der Waals surface area contributed by atoms with Crippen molar-refractivity contribution in [2.24, 2.45) is 0 Å². The van der Waals surface area contributed by atoms with E-state index in [9.17, 15) is 9.59 Å². The van der Waals surface area contributed by atoms with Crippen molar-refractivity contribution in [3.63, 3.8) is 0 Å². The number of aryl methyl sites for hydroxylation is 1. The number of hydrogen-bond donors (Lipinski definition) is 1. The second-order valence-corrected chi connectivity index (χ2v) is 4.46. The van der Waals surface area contributed by atoms with Gasteiger partial charge in [0.2, 0.25) is 11.8 Å². The average molecular weight is 257 g/mol. The molecule has 0 aliphatic carbocycles. The Balaban J connectivity index is 2.49. The largest absolute Gasteiger partial charge is 0.384 e. The molecular weight excluding hydrogens is 242 g/mol. The van der Waals surface area contributed by atoms with Crippen LogP contribution in [0.5, 0.6) is 0 Å². The lowest BCUT2D eigenvalue weighted by atomic mass is 10.0. The van der Waals surface area contributed by atoms with Crippen LogP contribution in [-0.2, 0) is 9.59 Å². The van der Waals surface area contributed by atoms with Crippen molar-refractivity contribution >= 4 is 17.5 Å². The fraction of sp³-hybridized carbons (Fsp3) is 0.333. The van der Waals surface area contributed by atoms with E-state index in [4.69, 9.17) is 5.11 Å². The van der Waals surface area contributed by atoms with Gasteiger partial charge in [-0.1, -0.05) is 17.9 Å². The van der Waals surface area contributed by atoms with Gasteiger partial charge in [0, 0.05) is 18.4 Å². The number of piperidine rings is 1. The Morgan fingerprint density at radius 3 is 2.58 bits per heavy atom. The molecule has 0 radical (unpaired) electrons. The van der Waals surface area contributed by atoms with Crippen molar-refractivity contribution in [2.75, 3.05) is 11.5 Å². The van der Waals surface area contributed by atoms with Crippen LogP contribution < -0.4 is 4.90 Å². The third-order valence-corrected chi connectivity index (χ3v) is 2.98. The number of rotatable bonds is 1. The lowest BCUT2D eigenvalue weighted by molar-refractivity contribution is -0.129. The molecule has 0 bridgehead atoms. The highest BCUT2D eigenvalue weighted by atomic mass is 16.2. The van der Waals surface area contributed by atoms with E-state index in [-0.39, 0.29) is 18.4 Å². The van der Waals surface area contributed by atoms with Crippen molar-refractivity contribution in [3.05, 3.63) is 29.3 Å². The van der Waals surface area contributed by atoms with E-state index in [2.05, 4.69) is 11.8 Å². The summed E-state index contributed by atoms with van der Waals surface area (Å²) in [5.41, 5.74) is 2.06.